The van der Waals surface area contributed by atoms with E-state index in [-0.39, 0.29) is 0 Å². The lowest BCUT2D eigenvalue weighted by Crippen LogP contribution is -2.06. The monoisotopic (exact) mass is 175 g/mol. The van der Waals surface area contributed by atoms with Crippen LogP contribution < -0.4 is 5.73 Å². The highest BCUT2D eigenvalue weighted by Gasteiger charge is 1.89. The number of nitrogens with two attached hydrogens (primary N) is 1. The second-order valence-electron chi connectivity index (χ2n) is 2.72. The SMILES string of the molecule is CCCOCCCOCCCN. The van der Waals surface area contributed by atoms with Crippen LogP contribution in [0.15, 0.2) is 0 Å². The van der Waals surface area contributed by atoms with E-state index >= 15 is 0 Å². The Kier molecular flexibility index (Phi) is 10.8. The molecule has 0 saturated carbocycles. The Balaban J connectivity index is 2.73. The van der Waals surface area contributed by atoms with Crippen LogP contribution >= 0.6 is 0 Å². The molecule has 0 unspecified atom stereocenters. The van der Waals surface area contributed by atoms with Crippen LogP contribution in [0.25, 0.3) is 0 Å². The number of hydrogen-bond acceptors (Lipinski definition) is 3. The van der Waals surface area contributed by atoms with Crippen molar-refractivity contribution in [2.45, 2.75) is 26.2 Å². The highest BCUT2D eigenvalue weighted by atomic mass is 16.5. The van der Waals surface area contributed by atoms with Crippen LogP contribution in [0.4, 0.5) is 0 Å². The zero-order chi connectivity index (χ0) is 9.07. The van der Waals surface area contributed by atoms with Crippen molar-refractivity contribution in [2.75, 3.05) is 33.0 Å². The van der Waals surface area contributed by atoms with Gasteiger partial charge in [0.25, 0.3) is 0 Å². The van der Waals surface area contributed by atoms with Crippen LogP contribution in [0.2, 0.25) is 0 Å². The lowest BCUT2D eigenvalue weighted by Gasteiger charge is -2.03. The molecule has 0 atom stereocenters. The summed E-state index contributed by atoms with van der Waals surface area (Å²) >= 11 is 0. The van der Waals surface area contributed by atoms with Crippen molar-refractivity contribution in [1.29, 1.82) is 0 Å². The fourth-order valence-electron chi connectivity index (χ4n) is 0.797. The summed E-state index contributed by atoms with van der Waals surface area (Å²) < 4.78 is 10.6. The van der Waals surface area contributed by atoms with E-state index in [4.69, 9.17) is 15.2 Å². The summed E-state index contributed by atoms with van der Waals surface area (Å²) in [6, 6.07) is 0. The van der Waals surface area contributed by atoms with Crippen LogP contribution in [0.5, 0.6) is 0 Å². The summed E-state index contributed by atoms with van der Waals surface area (Å²) in [5.74, 6) is 0. The number of ether oxygens (including phenoxy) is 2. The number of rotatable bonds is 9. The molecule has 3 nitrogen and oxygen atoms in total. The normalized spacial score (nSPS) is 10.5. The average Bonchev–Trinajstić information content (AvgIpc) is 2.10. The van der Waals surface area contributed by atoms with E-state index in [9.17, 15) is 0 Å². The highest BCUT2D eigenvalue weighted by Crippen LogP contribution is 1.87. The van der Waals surface area contributed by atoms with Gasteiger partial charge in [-0.1, -0.05) is 6.92 Å². The van der Waals surface area contributed by atoms with Crippen molar-refractivity contribution in [3.05, 3.63) is 0 Å². The zero-order valence-corrected chi connectivity index (χ0v) is 8.05. The van der Waals surface area contributed by atoms with Crippen molar-refractivity contribution >= 4 is 0 Å². The van der Waals surface area contributed by atoms with E-state index in [1.165, 1.54) is 0 Å². The van der Waals surface area contributed by atoms with E-state index in [2.05, 4.69) is 6.92 Å². The fourth-order valence-corrected chi connectivity index (χ4v) is 0.797. The van der Waals surface area contributed by atoms with Crippen molar-refractivity contribution in [3.63, 3.8) is 0 Å². The first-order chi connectivity index (χ1) is 5.91. The molecular formula is C9H21NO2. The molecule has 74 valence electrons. The van der Waals surface area contributed by atoms with Gasteiger partial charge in [0.1, 0.15) is 0 Å². The highest BCUT2D eigenvalue weighted by molar-refractivity contribution is 4.38. The van der Waals surface area contributed by atoms with Crippen LogP contribution in [-0.4, -0.2) is 33.0 Å². The first-order valence-electron chi connectivity index (χ1n) is 4.77. The van der Waals surface area contributed by atoms with Gasteiger partial charge in [0.15, 0.2) is 0 Å². The lowest BCUT2D eigenvalue weighted by atomic mass is 10.4. The molecule has 0 fully saturated rings. The molecule has 0 aromatic carbocycles. The van der Waals surface area contributed by atoms with Gasteiger partial charge in [0.05, 0.1) is 0 Å². The first kappa shape index (κ1) is 11.9. The molecule has 0 aliphatic carbocycles. The molecule has 0 aliphatic heterocycles. The second kappa shape index (κ2) is 10.9. The van der Waals surface area contributed by atoms with Crippen LogP contribution in [0, 0.1) is 0 Å². The third kappa shape index (κ3) is 9.88. The number of hydrogen-bond donors (Lipinski definition) is 1. The smallest absolute Gasteiger partial charge is 0.0487 e. The van der Waals surface area contributed by atoms with Gasteiger partial charge in [-0.05, 0) is 25.8 Å². The van der Waals surface area contributed by atoms with Crippen molar-refractivity contribution < 1.29 is 9.47 Å². The molecule has 3 heteroatoms. The maximum atomic E-state index is 5.30. The summed E-state index contributed by atoms with van der Waals surface area (Å²) in [6.45, 7) is 6.08. The summed E-state index contributed by atoms with van der Waals surface area (Å²) in [4.78, 5) is 0. The molecule has 0 radical (unpaired) electrons. The van der Waals surface area contributed by atoms with Gasteiger partial charge in [-0.15, -0.1) is 0 Å². The Morgan fingerprint density at radius 2 is 1.50 bits per heavy atom. The molecule has 12 heavy (non-hydrogen) atoms. The average molecular weight is 175 g/mol. The largest absolute Gasteiger partial charge is 0.381 e. The molecule has 0 spiro atoms. The van der Waals surface area contributed by atoms with Crippen molar-refractivity contribution in [3.8, 4) is 0 Å². The minimum absolute atomic E-state index is 0.715. The van der Waals surface area contributed by atoms with Crippen LogP contribution in [-0.2, 0) is 9.47 Å². The van der Waals surface area contributed by atoms with E-state index in [0.29, 0.717) is 6.54 Å². The molecule has 0 saturated heterocycles. The maximum Gasteiger partial charge on any atom is 0.0487 e. The van der Waals surface area contributed by atoms with Crippen LogP contribution in [0.3, 0.4) is 0 Å². The van der Waals surface area contributed by atoms with Crippen molar-refractivity contribution in [1.82, 2.24) is 0 Å². The fraction of sp³-hybridized carbons (Fsp3) is 1.00. The minimum Gasteiger partial charge on any atom is -0.381 e. The lowest BCUT2D eigenvalue weighted by molar-refractivity contribution is 0.0826. The van der Waals surface area contributed by atoms with Gasteiger partial charge >= 0.3 is 0 Å². The standard InChI is InChI=1S/C9H21NO2/c1-2-6-11-8-4-9-12-7-3-5-10/h2-10H2,1H3. The summed E-state index contributed by atoms with van der Waals surface area (Å²) in [5.41, 5.74) is 5.30. The topological polar surface area (TPSA) is 44.5 Å². The van der Waals surface area contributed by atoms with E-state index in [1.54, 1.807) is 0 Å². The predicted octanol–water partition coefficient (Wildman–Crippen LogP) is 1.17. The summed E-state index contributed by atoms with van der Waals surface area (Å²) in [5, 5.41) is 0. The molecule has 0 bridgehead atoms. The molecule has 0 rings (SSSR count). The van der Waals surface area contributed by atoms with E-state index in [1.807, 2.05) is 0 Å². The van der Waals surface area contributed by atoms with Gasteiger partial charge in [-0.3, -0.25) is 0 Å². The molecule has 0 amide bonds. The Morgan fingerprint density at radius 1 is 0.917 bits per heavy atom. The van der Waals surface area contributed by atoms with Crippen LogP contribution in [0.1, 0.15) is 26.2 Å². The van der Waals surface area contributed by atoms with Gasteiger partial charge in [0, 0.05) is 26.4 Å². The van der Waals surface area contributed by atoms with Gasteiger partial charge in [0.2, 0.25) is 0 Å². The minimum atomic E-state index is 0.715. The third-order valence-electron chi connectivity index (χ3n) is 1.42. The zero-order valence-electron chi connectivity index (χ0n) is 8.05. The Bertz CT molecular complexity index is 68.9. The molecule has 0 aromatic rings. The maximum absolute atomic E-state index is 5.30. The van der Waals surface area contributed by atoms with Gasteiger partial charge in [-0.2, -0.15) is 0 Å². The van der Waals surface area contributed by atoms with Crippen molar-refractivity contribution in [2.24, 2.45) is 5.73 Å². The third-order valence-corrected chi connectivity index (χ3v) is 1.42. The van der Waals surface area contributed by atoms with E-state index in [0.717, 1.165) is 45.7 Å². The first-order valence-corrected chi connectivity index (χ1v) is 4.77. The van der Waals surface area contributed by atoms with E-state index < -0.39 is 0 Å². The molecule has 0 aliphatic rings. The Labute approximate surface area is 75.2 Å². The molecule has 0 aromatic heterocycles. The predicted molar refractivity (Wildman–Crippen MR) is 50.2 cm³/mol. The molecule has 2 N–H and O–H groups in total. The molecule has 0 heterocycles. The summed E-state index contributed by atoms with van der Waals surface area (Å²) in [7, 11) is 0. The van der Waals surface area contributed by atoms with Gasteiger partial charge < -0.3 is 15.2 Å². The summed E-state index contributed by atoms with van der Waals surface area (Å²) in [6.07, 6.45) is 3.04. The second-order valence-corrected chi connectivity index (χ2v) is 2.72. The quantitative estimate of drug-likeness (QED) is 0.535. The van der Waals surface area contributed by atoms with Gasteiger partial charge in [-0.25, -0.2) is 0 Å². The Hall–Kier alpha value is -0.120. The Morgan fingerprint density at radius 3 is 2.08 bits per heavy atom. The molecular weight excluding hydrogens is 154 g/mol.